The second-order valence-electron chi connectivity index (χ2n) is 11.9. The van der Waals surface area contributed by atoms with Gasteiger partial charge in [0.05, 0.1) is 0 Å². The summed E-state index contributed by atoms with van der Waals surface area (Å²) in [5.74, 6) is 11.6. The molecule has 6 saturated carbocycles. The van der Waals surface area contributed by atoms with Crippen LogP contribution in [-0.4, -0.2) is 0 Å². The average Bonchev–Trinajstić information content (AvgIpc) is 2.71. The predicted octanol–water partition coefficient (Wildman–Crippen LogP) is 7.47. The summed E-state index contributed by atoms with van der Waals surface area (Å²) in [6.07, 6.45) is 25.8. The Kier molecular flexibility index (Phi) is 4.43. The zero-order valence-corrected chi connectivity index (χ0v) is 17.1. The highest BCUT2D eigenvalue weighted by Gasteiger charge is 2.51. The van der Waals surface area contributed by atoms with Crippen molar-refractivity contribution in [2.24, 2.45) is 59.2 Å². The highest BCUT2D eigenvalue weighted by atomic mass is 14.6. The van der Waals surface area contributed by atoms with Gasteiger partial charge in [-0.05, 0) is 123 Å². The number of hydrogen-bond acceptors (Lipinski definition) is 0. The first-order chi connectivity index (χ1) is 12.9. The summed E-state index contributed by atoms with van der Waals surface area (Å²) in [7, 11) is 0. The Labute approximate surface area is 162 Å². The van der Waals surface area contributed by atoms with Crippen molar-refractivity contribution in [3.05, 3.63) is 0 Å². The Hall–Kier alpha value is 0. The molecule has 0 heterocycles. The van der Waals surface area contributed by atoms with Crippen molar-refractivity contribution >= 4 is 0 Å². The molecule has 8 unspecified atom stereocenters. The maximum absolute atomic E-state index is 1.68. The van der Waals surface area contributed by atoms with Crippen molar-refractivity contribution in [2.75, 3.05) is 0 Å². The summed E-state index contributed by atoms with van der Waals surface area (Å²) < 4.78 is 0. The van der Waals surface area contributed by atoms with Crippen molar-refractivity contribution in [2.45, 2.75) is 103 Å². The van der Waals surface area contributed by atoms with E-state index in [1.807, 2.05) is 0 Å². The fraction of sp³-hybridized carbons (Fsp3) is 1.00. The molecule has 0 heteroatoms. The van der Waals surface area contributed by atoms with Crippen LogP contribution in [0.2, 0.25) is 0 Å². The molecule has 0 aromatic rings. The minimum Gasteiger partial charge on any atom is -0.0530 e. The molecule has 0 saturated heterocycles. The molecule has 6 aliphatic rings. The Morgan fingerprint density at radius 3 is 1.23 bits per heavy atom. The van der Waals surface area contributed by atoms with Crippen LogP contribution in [0.4, 0.5) is 0 Å². The van der Waals surface area contributed by atoms with E-state index in [1.165, 1.54) is 0 Å². The van der Waals surface area contributed by atoms with Crippen molar-refractivity contribution in [1.82, 2.24) is 0 Å². The SMILES string of the molecule is C1CCC2C(C1)CCC1CC3CC4CCC5CCCCC5C4CC3CC12. The van der Waals surface area contributed by atoms with Crippen LogP contribution in [0.1, 0.15) is 103 Å². The van der Waals surface area contributed by atoms with Gasteiger partial charge in [0.2, 0.25) is 0 Å². The molecular formula is C26H42. The third kappa shape index (κ3) is 2.75. The van der Waals surface area contributed by atoms with E-state index < -0.39 is 0 Å². The van der Waals surface area contributed by atoms with Gasteiger partial charge in [-0.25, -0.2) is 0 Å². The number of hydrogen-bond donors (Lipinski definition) is 0. The van der Waals surface area contributed by atoms with Gasteiger partial charge in [-0.3, -0.25) is 0 Å². The fourth-order valence-electron chi connectivity index (χ4n) is 10.1. The summed E-state index contributed by atoms with van der Waals surface area (Å²) in [6, 6.07) is 0. The topological polar surface area (TPSA) is 0 Å². The molecule has 0 amide bonds. The van der Waals surface area contributed by atoms with Crippen molar-refractivity contribution < 1.29 is 0 Å². The molecule has 0 aromatic heterocycles. The Bertz CT molecular complexity index is 464. The quantitative estimate of drug-likeness (QED) is 0.423. The van der Waals surface area contributed by atoms with Crippen molar-refractivity contribution in [3.8, 4) is 0 Å². The van der Waals surface area contributed by atoms with Gasteiger partial charge in [-0.1, -0.05) is 38.5 Å². The number of fused-ring (bicyclic) bond motifs is 7. The zero-order chi connectivity index (χ0) is 17.1. The minimum atomic E-state index is 1.15. The van der Waals surface area contributed by atoms with E-state index in [0.717, 1.165) is 59.2 Å². The molecule has 0 N–H and O–H groups in total. The summed E-state index contributed by atoms with van der Waals surface area (Å²) >= 11 is 0. The van der Waals surface area contributed by atoms with Gasteiger partial charge in [-0.2, -0.15) is 0 Å². The molecule has 6 aliphatic carbocycles. The van der Waals surface area contributed by atoms with Crippen LogP contribution in [0.3, 0.4) is 0 Å². The van der Waals surface area contributed by atoms with E-state index in [9.17, 15) is 0 Å². The molecule has 8 atom stereocenters. The fourth-order valence-corrected chi connectivity index (χ4v) is 10.1. The third-order valence-electron chi connectivity index (χ3n) is 11.1. The first-order valence-corrected chi connectivity index (χ1v) is 12.9. The lowest BCUT2D eigenvalue weighted by atomic mass is 9.48. The van der Waals surface area contributed by atoms with Crippen LogP contribution in [0.5, 0.6) is 0 Å². The highest BCUT2D eigenvalue weighted by Crippen LogP contribution is 2.60. The van der Waals surface area contributed by atoms with Gasteiger partial charge in [0.25, 0.3) is 0 Å². The molecule has 0 aliphatic heterocycles. The second kappa shape index (κ2) is 6.81. The maximum Gasteiger partial charge on any atom is -0.0352 e. The number of rotatable bonds is 0. The highest BCUT2D eigenvalue weighted by molar-refractivity contribution is 5.01. The van der Waals surface area contributed by atoms with Gasteiger partial charge in [0.15, 0.2) is 0 Å². The molecule has 146 valence electrons. The smallest absolute Gasteiger partial charge is 0.0352 e. The minimum absolute atomic E-state index is 1.15. The molecule has 6 fully saturated rings. The van der Waals surface area contributed by atoms with Crippen molar-refractivity contribution in [1.29, 1.82) is 0 Å². The van der Waals surface area contributed by atoms with Crippen molar-refractivity contribution in [3.63, 3.8) is 0 Å². The molecule has 0 aromatic carbocycles. The second-order valence-corrected chi connectivity index (χ2v) is 11.9. The van der Waals surface area contributed by atoms with Crippen LogP contribution >= 0.6 is 0 Å². The first kappa shape index (κ1) is 16.9. The maximum atomic E-state index is 1.68. The molecule has 0 bridgehead atoms. The standard InChI is InChI=1S/C26H42/c1-3-7-23-17(5-1)9-11-19-13-21-14-20-12-10-18-6-2-4-8-24(18)26(20)16-22(21)15-25(19)23/h17-26H,1-16H2. The van der Waals surface area contributed by atoms with Gasteiger partial charge < -0.3 is 0 Å². The largest absolute Gasteiger partial charge is 0.0530 e. The van der Waals surface area contributed by atoms with E-state index in [1.54, 1.807) is 103 Å². The lowest BCUT2D eigenvalue weighted by Gasteiger charge is -2.57. The summed E-state index contributed by atoms with van der Waals surface area (Å²) in [4.78, 5) is 0. The van der Waals surface area contributed by atoms with Gasteiger partial charge >= 0.3 is 0 Å². The van der Waals surface area contributed by atoms with E-state index in [4.69, 9.17) is 0 Å². The van der Waals surface area contributed by atoms with Crippen LogP contribution in [0.25, 0.3) is 0 Å². The third-order valence-corrected chi connectivity index (χ3v) is 11.1. The summed E-state index contributed by atoms with van der Waals surface area (Å²) in [6.45, 7) is 0. The molecular weight excluding hydrogens is 312 g/mol. The lowest BCUT2D eigenvalue weighted by Crippen LogP contribution is -2.48. The van der Waals surface area contributed by atoms with E-state index in [-0.39, 0.29) is 0 Å². The van der Waals surface area contributed by atoms with E-state index >= 15 is 0 Å². The van der Waals surface area contributed by atoms with E-state index in [0.29, 0.717) is 0 Å². The van der Waals surface area contributed by atoms with Crippen LogP contribution in [0.15, 0.2) is 0 Å². The van der Waals surface area contributed by atoms with Crippen LogP contribution < -0.4 is 0 Å². The molecule has 0 radical (unpaired) electrons. The Morgan fingerprint density at radius 2 is 0.692 bits per heavy atom. The average molecular weight is 355 g/mol. The van der Waals surface area contributed by atoms with Crippen LogP contribution in [-0.2, 0) is 0 Å². The Balaban J connectivity index is 1.20. The molecule has 0 nitrogen and oxygen atoms in total. The Morgan fingerprint density at radius 1 is 0.269 bits per heavy atom. The van der Waals surface area contributed by atoms with Gasteiger partial charge in [0, 0.05) is 0 Å². The predicted molar refractivity (Wildman–Crippen MR) is 109 cm³/mol. The monoisotopic (exact) mass is 354 g/mol. The lowest BCUT2D eigenvalue weighted by molar-refractivity contribution is -0.0730. The molecule has 0 spiro atoms. The normalized spacial score (nSPS) is 56.3. The molecule has 6 rings (SSSR count). The van der Waals surface area contributed by atoms with Gasteiger partial charge in [0.1, 0.15) is 0 Å². The summed E-state index contributed by atoms with van der Waals surface area (Å²) in [5, 5.41) is 0. The first-order valence-electron chi connectivity index (χ1n) is 12.9. The zero-order valence-electron chi connectivity index (χ0n) is 17.1. The van der Waals surface area contributed by atoms with E-state index in [2.05, 4.69) is 0 Å². The summed E-state index contributed by atoms with van der Waals surface area (Å²) in [5.41, 5.74) is 0. The van der Waals surface area contributed by atoms with Crippen LogP contribution in [0, 0.1) is 59.2 Å². The molecule has 26 heavy (non-hydrogen) atoms. The van der Waals surface area contributed by atoms with Gasteiger partial charge in [-0.15, -0.1) is 0 Å².